The molecule has 0 spiro atoms. The fraction of sp³-hybridized carbons (Fsp3) is 0.188. The third kappa shape index (κ3) is 2.33. The molecule has 5 nitrogen and oxygen atoms in total. The van der Waals surface area contributed by atoms with Gasteiger partial charge in [0, 0.05) is 11.2 Å². The van der Waals surface area contributed by atoms with Crippen molar-refractivity contribution in [1.82, 2.24) is 15.2 Å². The smallest absolute Gasteiger partial charge is 0.318 e. The van der Waals surface area contributed by atoms with E-state index in [4.69, 9.17) is 11.6 Å². The van der Waals surface area contributed by atoms with E-state index in [0.717, 1.165) is 10.5 Å². The van der Waals surface area contributed by atoms with Crippen molar-refractivity contribution in [2.75, 3.05) is 0 Å². The van der Waals surface area contributed by atoms with Crippen LogP contribution in [0.2, 0.25) is 5.02 Å². The predicted molar refractivity (Wildman–Crippen MR) is 82.1 cm³/mol. The maximum absolute atomic E-state index is 12.7. The van der Waals surface area contributed by atoms with E-state index in [0.29, 0.717) is 10.7 Å². The van der Waals surface area contributed by atoms with Crippen LogP contribution in [-0.2, 0) is 16.9 Å². The first kappa shape index (κ1) is 14.5. The number of nitrogens with zero attached hydrogens (tertiary/aromatic N) is 2. The molecule has 3 amide bonds. The van der Waals surface area contributed by atoms with Crippen molar-refractivity contribution < 1.29 is 9.59 Å². The molecular formula is C16H14ClN3O2. The lowest BCUT2D eigenvalue weighted by Crippen LogP contribution is -2.41. The van der Waals surface area contributed by atoms with Crippen molar-refractivity contribution >= 4 is 23.5 Å². The summed E-state index contributed by atoms with van der Waals surface area (Å²) in [5, 5.41) is 3.24. The SMILES string of the molecule is C[C@]1(c2ccccn2)NC(=O)N(Cc2ccccc2Cl)C1=O. The first-order valence-electron chi connectivity index (χ1n) is 6.81. The highest BCUT2D eigenvalue weighted by Crippen LogP contribution is 2.29. The zero-order chi connectivity index (χ0) is 15.7. The number of amides is 3. The quantitative estimate of drug-likeness (QED) is 0.886. The number of pyridine rings is 1. The van der Waals surface area contributed by atoms with Crippen molar-refractivity contribution in [3.63, 3.8) is 0 Å². The summed E-state index contributed by atoms with van der Waals surface area (Å²) in [7, 11) is 0. The summed E-state index contributed by atoms with van der Waals surface area (Å²) in [6.45, 7) is 1.79. The summed E-state index contributed by atoms with van der Waals surface area (Å²) in [5.74, 6) is -0.337. The number of rotatable bonds is 3. The van der Waals surface area contributed by atoms with Crippen molar-refractivity contribution in [2.45, 2.75) is 19.0 Å². The zero-order valence-electron chi connectivity index (χ0n) is 11.9. The van der Waals surface area contributed by atoms with E-state index in [1.807, 2.05) is 6.07 Å². The van der Waals surface area contributed by atoms with Gasteiger partial charge in [0.2, 0.25) is 0 Å². The molecule has 2 heterocycles. The lowest BCUT2D eigenvalue weighted by molar-refractivity contribution is -0.131. The third-order valence-electron chi connectivity index (χ3n) is 3.74. The van der Waals surface area contributed by atoms with Crippen LogP contribution in [0.5, 0.6) is 0 Å². The monoisotopic (exact) mass is 315 g/mol. The van der Waals surface area contributed by atoms with E-state index >= 15 is 0 Å². The summed E-state index contributed by atoms with van der Waals surface area (Å²) >= 11 is 6.10. The van der Waals surface area contributed by atoms with Crippen LogP contribution in [0.15, 0.2) is 48.7 Å². The van der Waals surface area contributed by atoms with Gasteiger partial charge in [0.15, 0.2) is 5.54 Å². The van der Waals surface area contributed by atoms with Gasteiger partial charge in [-0.15, -0.1) is 0 Å². The standard InChI is InChI=1S/C16H14ClN3O2/c1-16(13-8-4-5-9-18-13)14(21)20(15(22)19-16)10-11-6-2-3-7-12(11)17/h2-9H,10H2,1H3,(H,19,22)/t16-/m1/s1. The molecule has 2 aromatic rings. The van der Waals surface area contributed by atoms with Gasteiger partial charge >= 0.3 is 6.03 Å². The molecular weight excluding hydrogens is 302 g/mol. The first-order chi connectivity index (χ1) is 10.5. The Balaban J connectivity index is 1.91. The van der Waals surface area contributed by atoms with E-state index in [-0.39, 0.29) is 12.5 Å². The highest BCUT2D eigenvalue weighted by Gasteiger charge is 2.49. The summed E-state index contributed by atoms with van der Waals surface area (Å²) in [6, 6.07) is 12.0. The number of aromatic nitrogens is 1. The second kappa shape index (κ2) is 5.42. The van der Waals surface area contributed by atoms with E-state index in [1.165, 1.54) is 0 Å². The number of urea groups is 1. The van der Waals surface area contributed by atoms with Crippen molar-refractivity contribution in [1.29, 1.82) is 0 Å². The fourth-order valence-corrected chi connectivity index (χ4v) is 2.67. The Bertz CT molecular complexity index is 735. The molecule has 0 saturated carbocycles. The van der Waals surface area contributed by atoms with Crippen LogP contribution in [-0.4, -0.2) is 21.8 Å². The molecule has 1 aliphatic rings. The summed E-state index contributed by atoms with van der Waals surface area (Å²) < 4.78 is 0. The lowest BCUT2D eigenvalue weighted by Gasteiger charge is -2.21. The van der Waals surface area contributed by atoms with Crippen LogP contribution in [0.1, 0.15) is 18.2 Å². The molecule has 1 aliphatic heterocycles. The van der Waals surface area contributed by atoms with Crippen LogP contribution < -0.4 is 5.32 Å². The average molecular weight is 316 g/mol. The number of halogens is 1. The van der Waals surface area contributed by atoms with Crippen LogP contribution in [0.25, 0.3) is 0 Å². The molecule has 3 rings (SSSR count). The topological polar surface area (TPSA) is 62.3 Å². The molecule has 22 heavy (non-hydrogen) atoms. The Morgan fingerprint density at radius 2 is 1.91 bits per heavy atom. The lowest BCUT2D eigenvalue weighted by atomic mass is 9.97. The number of hydrogen-bond donors (Lipinski definition) is 1. The Morgan fingerprint density at radius 1 is 1.18 bits per heavy atom. The summed E-state index contributed by atoms with van der Waals surface area (Å²) in [5.41, 5.74) is 0.0764. The van der Waals surface area contributed by atoms with Gasteiger partial charge in [-0.2, -0.15) is 0 Å². The minimum Gasteiger partial charge on any atom is -0.318 e. The van der Waals surface area contributed by atoms with Gasteiger partial charge in [-0.1, -0.05) is 35.9 Å². The van der Waals surface area contributed by atoms with Gasteiger partial charge in [-0.25, -0.2) is 4.79 Å². The van der Waals surface area contributed by atoms with Crippen LogP contribution in [0, 0.1) is 0 Å². The third-order valence-corrected chi connectivity index (χ3v) is 4.11. The second-order valence-corrected chi connectivity index (χ2v) is 5.66. The molecule has 1 N–H and O–H groups in total. The van der Waals surface area contributed by atoms with E-state index in [2.05, 4.69) is 10.3 Å². The number of benzene rings is 1. The van der Waals surface area contributed by atoms with E-state index in [9.17, 15) is 9.59 Å². The minimum atomic E-state index is -1.15. The van der Waals surface area contributed by atoms with Gasteiger partial charge in [0.25, 0.3) is 5.91 Å². The van der Waals surface area contributed by atoms with Crippen LogP contribution in [0.3, 0.4) is 0 Å². The predicted octanol–water partition coefficient (Wildman–Crippen LogP) is 2.70. The van der Waals surface area contributed by atoms with E-state index in [1.54, 1.807) is 49.5 Å². The van der Waals surface area contributed by atoms with Crippen molar-refractivity contribution in [3.8, 4) is 0 Å². The Kier molecular flexibility index (Phi) is 3.58. The molecule has 0 radical (unpaired) electrons. The molecule has 1 aromatic carbocycles. The number of carbonyl (C=O) groups is 2. The Labute approximate surface area is 132 Å². The molecule has 1 aromatic heterocycles. The average Bonchev–Trinajstić information content (AvgIpc) is 2.75. The molecule has 0 unspecified atom stereocenters. The molecule has 1 fully saturated rings. The number of carbonyl (C=O) groups excluding carboxylic acids is 2. The molecule has 1 saturated heterocycles. The maximum atomic E-state index is 12.7. The summed E-state index contributed by atoms with van der Waals surface area (Å²) in [4.78, 5) is 30.3. The number of nitrogens with one attached hydrogen (secondary N) is 1. The summed E-state index contributed by atoms with van der Waals surface area (Å²) in [6.07, 6.45) is 1.59. The second-order valence-electron chi connectivity index (χ2n) is 5.25. The molecule has 1 atom stereocenters. The van der Waals surface area contributed by atoms with Crippen molar-refractivity contribution in [2.24, 2.45) is 0 Å². The first-order valence-corrected chi connectivity index (χ1v) is 7.19. The number of hydrogen-bond acceptors (Lipinski definition) is 3. The van der Waals surface area contributed by atoms with Gasteiger partial charge in [0.1, 0.15) is 0 Å². The normalized spacial score (nSPS) is 21.1. The van der Waals surface area contributed by atoms with Gasteiger partial charge in [0.05, 0.1) is 12.2 Å². The van der Waals surface area contributed by atoms with Crippen molar-refractivity contribution in [3.05, 3.63) is 64.9 Å². The zero-order valence-corrected chi connectivity index (χ0v) is 12.7. The molecule has 0 aliphatic carbocycles. The van der Waals surface area contributed by atoms with Gasteiger partial charge in [-0.05, 0) is 30.7 Å². The van der Waals surface area contributed by atoms with Gasteiger partial charge in [-0.3, -0.25) is 14.7 Å². The minimum absolute atomic E-state index is 0.132. The Morgan fingerprint density at radius 3 is 2.59 bits per heavy atom. The van der Waals surface area contributed by atoms with Crippen LogP contribution in [0.4, 0.5) is 4.79 Å². The fourth-order valence-electron chi connectivity index (χ4n) is 2.47. The maximum Gasteiger partial charge on any atom is 0.325 e. The highest BCUT2D eigenvalue weighted by atomic mass is 35.5. The molecule has 112 valence electrons. The van der Waals surface area contributed by atoms with Gasteiger partial charge < -0.3 is 5.32 Å². The van der Waals surface area contributed by atoms with Crippen LogP contribution >= 0.6 is 11.6 Å². The number of imide groups is 1. The highest BCUT2D eigenvalue weighted by molar-refractivity contribution is 6.31. The molecule has 0 bridgehead atoms. The van der Waals surface area contributed by atoms with E-state index < -0.39 is 11.6 Å². The largest absolute Gasteiger partial charge is 0.325 e. The Hall–Kier alpha value is -2.40. The molecule has 6 heteroatoms.